The van der Waals surface area contributed by atoms with Crippen LogP contribution in [-0.4, -0.2) is 34.3 Å². The molecule has 0 radical (unpaired) electrons. The van der Waals surface area contributed by atoms with Crippen LogP contribution in [-0.2, 0) is 0 Å². The molecule has 0 saturated carbocycles. The molecule has 0 spiro atoms. The molecule has 0 fully saturated rings. The zero-order chi connectivity index (χ0) is 13.1. The molecule has 3 nitrogen and oxygen atoms in total. The number of unbranched alkanes of at least 4 members (excludes halogenated alkanes) is 7. The molecule has 2 N–H and O–H groups in total. The zero-order valence-electron chi connectivity index (χ0n) is 12.4. The molecule has 18 heavy (non-hydrogen) atoms. The van der Waals surface area contributed by atoms with E-state index in [0.29, 0.717) is 13.1 Å². The molecule has 4 heteroatoms. The van der Waals surface area contributed by atoms with Gasteiger partial charge in [-0.1, -0.05) is 45.4 Å². The molecule has 0 aromatic carbocycles. The molecule has 112 valence electrons. The normalized spacial score (nSPS) is 15.8. The van der Waals surface area contributed by atoms with Crippen LogP contribution in [0.15, 0.2) is 0 Å². The average molecular weight is 282 g/mol. The zero-order valence-corrected chi connectivity index (χ0v) is 13.1. The summed E-state index contributed by atoms with van der Waals surface area (Å²) in [5.41, 5.74) is 0. The minimum Gasteiger partial charge on any atom is -1.00 e. The van der Waals surface area contributed by atoms with Crippen LogP contribution in [0.25, 0.3) is 0 Å². The molecular weight excluding hydrogens is 250 g/mol. The van der Waals surface area contributed by atoms with E-state index in [0.717, 1.165) is 6.42 Å². The SMILES string of the molecule is CCCCCCCCCC[N+](O)(CC)C(C)O.[Cl-]. The summed E-state index contributed by atoms with van der Waals surface area (Å²) in [6, 6.07) is 0. The molecule has 2 unspecified atom stereocenters. The first kappa shape index (κ1) is 20.5. The van der Waals surface area contributed by atoms with Gasteiger partial charge in [-0.05, 0) is 19.8 Å². The van der Waals surface area contributed by atoms with Crippen molar-refractivity contribution in [3.05, 3.63) is 0 Å². The lowest BCUT2D eigenvalue weighted by Gasteiger charge is -2.31. The Labute approximate surface area is 119 Å². The lowest BCUT2D eigenvalue weighted by Crippen LogP contribution is -3.00. The third kappa shape index (κ3) is 9.15. The molecule has 2 atom stereocenters. The van der Waals surface area contributed by atoms with Gasteiger partial charge in [0.15, 0.2) is 0 Å². The predicted molar refractivity (Wildman–Crippen MR) is 71.7 cm³/mol. The Balaban J connectivity index is 0. The lowest BCUT2D eigenvalue weighted by molar-refractivity contribution is -1.13. The van der Waals surface area contributed by atoms with Gasteiger partial charge in [-0.2, -0.15) is 4.65 Å². The van der Waals surface area contributed by atoms with Crippen molar-refractivity contribution >= 4 is 0 Å². The van der Waals surface area contributed by atoms with E-state index in [2.05, 4.69) is 6.92 Å². The molecule has 0 bridgehead atoms. The maximum absolute atomic E-state index is 10.1. The van der Waals surface area contributed by atoms with Crippen molar-refractivity contribution in [1.29, 1.82) is 0 Å². The van der Waals surface area contributed by atoms with Crippen molar-refractivity contribution in [2.45, 2.75) is 78.4 Å². The van der Waals surface area contributed by atoms with E-state index in [1.807, 2.05) is 6.92 Å². The third-order valence-corrected chi connectivity index (χ3v) is 3.64. The summed E-state index contributed by atoms with van der Waals surface area (Å²) < 4.78 is -0.199. The fourth-order valence-electron chi connectivity index (χ4n) is 2.13. The number of nitrogens with zero attached hydrogens (tertiary/aromatic N) is 1. The van der Waals surface area contributed by atoms with Crippen molar-refractivity contribution in [1.82, 2.24) is 0 Å². The first-order valence-corrected chi connectivity index (χ1v) is 7.34. The first-order chi connectivity index (χ1) is 8.06. The lowest BCUT2D eigenvalue weighted by atomic mass is 10.1. The monoisotopic (exact) mass is 281 g/mol. The van der Waals surface area contributed by atoms with Gasteiger partial charge in [0.2, 0.25) is 6.23 Å². The van der Waals surface area contributed by atoms with Crippen molar-refractivity contribution in [3.8, 4) is 0 Å². The van der Waals surface area contributed by atoms with E-state index in [4.69, 9.17) is 0 Å². The highest BCUT2D eigenvalue weighted by atomic mass is 35.5. The highest BCUT2D eigenvalue weighted by Gasteiger charge is 2.28. The molecule has 0 aromatic rings. The minimum absolute atomic E-state index is 0. The summed E-state index contributed by atoms with van der Waals surface area (Å²) >= 11 is 0. The predicted octanol–water partition coefficient (Wildman–Crippen LogP) is 0.695. The number of aliphatic hydroxyl groups is 1. The standard InChI is InChI=1S/C14H32NO2.ClH/c1-4-6-7-8-9-10-11-12-13-15(17,5-2)14(3)16;/h14,16-17H,4-13H2,1-3H3;1H/q+1;/p-1. The Morgan fingerprint density at radius 1 is 0.889 bits per heavy atom. The third-order valence-electron chi connectivity index (χ3n) is 3.64. The maximum atomic E-state index is 10.1. The Morgan fingerprint density at radius 2 is 1.33 bits per heavy atom. The fraction of sp³-hybridized carbons (Fsp3) is 1.00. The van der Waals surface area contributed by atoms with Gasteiger partial charge in [-0.25, -0.2) is 5.21 Å². The summed E-state index contributed by atoms with van der Waals surface area (Å²) in [6.45, 7) is 7.06. The minimum atomic E-state index is -0.676. The second-order valence-corrected chi connectivity index (χ2v) is 5.13. The Morgan fingerprint density at radius 3 is 1.72 bits per heavy atom. The Kier molecular flexibility index (Phi) is 13.9. The molecular formula is C14H32ClNO2. The van der Waals surface area contributed by atoms with Crippen molar-refractivity contribution in [3.63, 3.8) is 0 Å². The summed E-state index contributed by atoms with van der Waals surface area (Å²) in [5.74, 6) is 0. The smallest absolute Gasteiger partial charge is 0.217 e. The molecule has 0 heterocycles. The number of hydrogen-bond acceptors (Lipinski definition) is 2. The second-order valence-electron chi connectivity index (χ2n) is 5.13. The number of rotatable bonds is 11. The summed E-state index contributed by atoms with van der Waals surface area (Å²) in [6.07, 6.45) is 9.42. The van der Waals surface area contributed by atoms with Gasteiger partial charge in [0, 0.05) is 6.92 Å². The molecule has 0 saturated heterocycles. The van der Waals surface area contributed by atoms with E-state index in [-0.39, 0.29) is 17.1 Å². The van der Waals surface area contributed by atoms with Crippen LogP contribution in [0.3, 0.4) is 0 Å². The topological polar surface area (TPSA) is 40.5 Å². The largest absolute Gasteiger partial charge is 1.00 e. The van der Waals surface area contributed by atoms with E-state index >= 15 is 0 Å². The van der Waals surface area contributed by atoms with Gasteiger partial charge in [0.05, 0.1) is 0 Å². The summed E-state index contributed by atoms with van der Waals surface area (Å²) in [4.78, 5) is 0. The van der Waals surface area contributed by atoms with Crippen LogP contribution in [0.1, 0.15) is 72.1 Å². The molecule has 0 rings (SSSR count). The van der Waals surface area contributed by atoms with E-state index in [1.54, 1.807) is 6.92 Å². The molecule has 0 amide bonds. The van der Waals surface area contributed by atoms with Gasteiger partial charge >= 0.3 is 0 Å². The average Bonchev–Trinajstić information content (AvgIpc) is 2.32. The van der Waals surface area contributed by atoms with Crippen molar-refractivity contribution < 1.29 is 27.4 Å². The Hall–Kier alpha value is 0.170. The second kappa shape index (κ2) is 12.2. The highest BCUT2D eigenvalue weighted by Crippen LogP contribution is 2.13. The Bertz CT molecular complexity index is 179. The van der Waals surface area contributed by atoms with Crippen LogP contribution in [0.4, 0.5) is 0 Å². The molecule has 0 aliphatic heterocycles. The number of hydroxylamine groups is 3. The highest BCUT2D eigenvalue weighted by molar-refractivity contribution is 4.46. The molecule has 0 aliphatic rings. The van der Waals surface area contributed by atoms with Crippen LogP contribution in [0, 0.1) is 0 Å². The van der Waals surface area contributed by atoms with E-state index in [9.17, 15) is 10.3 Å². The van der Waals surface area contributed by atoms with Crippen LogP contribution in [0.5, 0.6) is 0 Å². The summed E-state index contributed by atoms with van der Waals surface area (Å²) in [5, 5.41) is 19.6. The first-order valence-electron chi connectivity index (χ1n) is 7.34. The van der Waals surface area contributed by atoms with Gasteiger partial charge in [-0.15, -0.1) is 0 Å². The van der Waals surface area contributed by atoms with Gasteiger partial charge < -0.3 is 17.5 Å². The summed E-state index contributed by atoms with van der Waals surface area (Å²) in [7, 11) is 0. The fourth-order valence-corrected chi connectivity index (χ4v) is 2.13. The van der Waals surface area contributed by atoms with Crippen molar-refractivity contribution in [2.24, 2.45) is 0 Å². The van der Waals surface area contributed by atoms with Gasteiger partial charge in [0.1, 0.15) is 13.1 Å². The number of halogens is 1. The van der Waals surface area contributed by atoms with E-state index < -0.39 is 6.23 Å². The van der Waals surface area contributed by atoms with Gasteiger partial charge in [-0.3, -0.25) is 0 Å². The quantitative estimate of drug-likeness (QED) is 0.253. The number of hydrogen-bond donors (Lipinski definition) is 2. The van der Waals surface area contributed by atoms with Crippen molar-refractivity contribution in [2.75, 3.05) is 13.1 Å². The molecule has 0 aromatic heterocycles. The maximum Gasteiger partial charge on any atom is 0.217 e. The van der Waals surface area contributed by atoms with Gasteiger partial charge in [0.25, 0.3) is 0 Å². The van der Waals surface area contributed by atoms with Crippen LogP contribution in [0.2, 0.25) is 0 Å². The van der Waals surface area contributed by atoms with E-state index in [1.165, 1.54) is 44.9 Å². The number of aliphatic hydroxyl groups excluding tert-OH is 1. The number of quaternary nitrogens is 1. The molecule has 0 aliphatic carbocycles. The van der Waals surface area contributed by atoms with Crippen LogP contribution < -0.4 is 12.4 Å². The van der Waals surface area contributed by atoms with Crippen LogP contribution >= 0.6 is 0 Å².